The van der Waals surface area contributed by atoms with Gasteiger partial charge in [0.05, 0.1) is 6.61 Å². The van der Waals surface area contributed by atoms with Crippen LogP contribution in [0, 0.1) is 18.3 Å². The van der Waals surface area contributed by atoms with E-state index in [1.807, 2.05) is 0 Å². The van der Waals surface area contributed by atoms with Gasteiger partial charge < -0.3 is 17.0 Å². The summed E-state index contributed by atoms with van der Waals surface area (Å²) in [5.41, 5.74) is 0.0615. The number of carbonyl (C=O) groups is 1. The molecule has 0 aliphatic heterocycles. The largest absolute Gasteiger partial charge is 0.412 e. The minimum absolute atomic E-state index is 0. The summed E-state index contributed by atoms with van der Waals surface area (Å²) >= 11 is 0. The van der Waals surface area contributed by atoms with Crippen LogP contribution in [0.25, 0.3) is 0 Å². The molecule has 101 valence electrons. The summed E-state index contributed by atoms with van der Waals surface area (Å²) in [5, 5.41) is 2.86. The van der Waals surface area contributed by atoms with Gasteiger partial charge in [0.25, 0.3) is 0 Å². The molecular weight excluding hydrogens is 253 g/mol. The number of rotatable bonds is 8. The number of nitrogens with one attached hydrogen (secondary N) is 1. The van der Waals surface area contributed by atoms with Gasteiger partial charge in [-0.3, -0.25) is 4.79 Å². The van der Waals surface area contributed by atoms with Crippen molar-refractivity contribution in [1.29, 1.82) is 0 Å². The Morgan fingerprint density at radius 3 is 2.53 bits per heavy atom. The van der Waals surface area contributed by atoms with Crippen molar-refractivity contribution in [3.05, 3.63) is 6.92 Å². The monoisotopic (exact) mass is 279 g/mol. The molecular formula is C13H26NO2V-. The molecule has 1 N–H and O–H groups in total. The number of carbonyl (C=O) groups excluding carboxylic acids is 1. The van der Waals surface area contributed by atoms with E-state index in [0.29, 0.717) is 32.1 Å². The van der Waals surface area contributed by atoms with E-state index in [-0.39, 0.29) is 29.9 Å². The van der Waals surface area contributed by atoms with E-state index < -0.39 is 0 Å². The summed E-state index contributed by atoms with van der Waals surface area (Å²) in [6.07, 6.45) is 1.68. The SMILES string of the molecule is [CH2-]COCCNC(=O)CC(C)(C)C(C)CC.[V]. The molecule has 0 spiro atoms. The zero-order valence-corrected chi connectivity index (χ0v) is 13.0. The fourth-order valence-electron chi connectivity index (χ4n) is 1.57. The van der Waals surface area contributed by atoms with Crippen LogP contribution in [0.2, 0.25) is 0 Å². The molecule has 0 saturated heterocycles. The molecule has 0 aliphatic rings. The topological polar surface area (TPSA) is 38.3 Å². The molecule has 0 aromatic carbocycles. The normalized spacial score (nSPS) is 12.8. The van der Waals surface area contributed by atoms with E-state index in [0.717, 1.165) is 6.42 Å². The fraction of sp³-hybridized carbons (Fsp3) is 0.846. The van der Waals surface area contributed by atoms with Crippen molar-refractivity contribution in [2.24, 2.45) is 11.3 Å². The summed E-state index contributed by atoms with van der Waals surface area (Å²) in [5.74, 6) is 0.660. The number of hydrogen-bond donors (Lipinski definition) is 1. The van der Waals surface area contributed by atoms with Gasteiger partial charge in [-0.05, 0) is 11.3 Å². The zero-order valence-electron chi connectivity index (χ0n) is 11.6. The third kappa shape index (κ3) is 8.70. The van der Waals surface area contributed by atoms with Crippen molar-refractivity contribution in [2.75, 3.05) is 19.8 Å². The van der Waals surface area contributed by atoms with Crippen LogP contribution in [0.15, 0.2) is 0 Å². The fourth-order valence-corrected chi connectivity index (χ4v) is 1.57. The van der Waals surface area contributed by atoms with Crippen LogP contribution in [-0.4, -0.2) is 25.7 Å². The Bertz CT molecular complexity index is 208. The molecule has 0 rings (SSSR count). The molecule has 0 fully saturated rings. The first-order chi connectivity index (χ1) is 7.44. The summed E-state index contributed by atoms with van der Waals surface area (Å²) in [7, 11) is 0. The molecule has 0 saturated carbocycles. The second kappa shape index (κ2) is 9.99. The third-order valence-corrected chi connectivity index (χ3v) is 3.28. The molecule has 0 heterocycles. The first-order valence-corrected chi connectivity index (χ1v) is 6.07. The van der Waals surface area contributed by atoms with Gasteiger partial charge in [-0.2, -0.15) is 0 Å². The van der Waals surface area contributed by atoms with Crippen molar-refractivity contribution in [3.63, 3.8) is 0 Å². The second-order valence-electron chi connectivity index (χ2n) is 4.94. The average molecular weight is 279 g/mol. The van der Waals surface area contributed by atoms with Crippen LogP contribution < -0.4 is 5.32 Å². The Labute approximate surface area is 118 Å². The maximum Gasteiger partial charge on any atom is 0.220 e. The molecule has 1 amide bonds. The van der Waals surface area contributed by atoms with Crippen LogP contribution in [-0.2, 0) is 28.1 Å². The van der Waals surface area contributed by atoms with Gasteiger partial charge in [-0.15, -0.1) is 0 Å². The van der Waals surface area contributed by atoms with Crippen molar-refractivity contribution < 1.29 is 28.1 Å². The van der Waals surface area contributed by atoms with Crippen LogP contribution in [0.4, 0.5) is 0 Å². The van der Waals surface area contributed by atoms with Crippen molar-refractivity contribution in [3.8, 4) is 0 Å². The summed E-state index contributed by atoms with van der Waals surface area (Å²) < 4.78 is 5.06. The Morgan fingerprint density at radius 1 is 1.47 bits per heavy atom. The van der Waals surface area contributed by atoms with Crippen molar-refractivity contribution in [1.82, 2.24) is 5.32 Å². The average Bonchev–Trinajstić information content (AvgIpc) is 2.22. The maximum atomic E-state index is 11.7. The van der Waals surface area contributed by atoms with E-state index in [2.05, 4.69) is 39.9 Å². The second-order valence-corrected chi connectivity index (χ2v) is 4.94. The molecule has 1 unspecified atom stereocenters. The molecule has 1 radical (unpaired) electrons. The molecule has 0 bridgehead atoms. The Balaban J connectivity index is 0. The van der Waals surface area contributed by atoms with Crippen molar-refractivity contribution in [2.45, 2.75) is 40.5 Å². The van der Waals surface area contributed by atoms with Crippen LogP contribution >= 0.6 is 0 Å². The summed E-state index contributed by atoms with van der Waals surface area (Å²) in [6, 6.07) is 0. The first-order valence-electron chi connectivity index (χ1n) is 6.07. The minimum atomic E-state index is 0. The van der Waals surface area contributed by atoms with Crippen molar-refractivity contribution >= 4 is 5.91 Å². The predicted octanol–water partition coefficient (Wildman–Crippen LogP) is 2.41. The van der Waals surface area contributed by atoms with Crippen LogP contribution in [0.5, 0.6) is 0 Å². The molecule has 4 heteroatoms. The number of amides is 1. The molecule has 3 nitrogen and oxygen atoms in total. The molecule has 0 aliphatic carbocycles. The van der Waals surface area contributed by atoms with Gasteiger partial charge in [0.1, 0.15) is 0 Å². The third-order valence-electron chi connectivity index (χ3n) is 3.28. The van der Waals surface area contributed by atoms with Gasteiger partial charge in [-0.1, -0.05) is 40.7 Å². The predicted molar refractivity (Wildman–Crippen MR) is 67.0 cm³/mol. The smallest absolute Gasteiger partial charge is 0.220 e. The zero-order chi connectivity index (χ0) is 12.6. The summed E-state index contributed by atoms with van der Waals surface area (Å²) in [6.45, 7) is 13.8. The standard InChI is InChI=1S/C13H26NO2.V/c1-6-11(3)13(4,5)10-12(15)14-8-9-16-7-2;/h11H,2,6-10H2,1,3-5H3,(H,14,15);/q-1;. The molecule has 1 atom stereocenters. The molecule has 17 heavy (non-hydrogen) atoms. The van der Waals surface area contributed by atoms with Gasteiger partial charge in [0.15, 0.2) is 0 Å². The van der Waals surface area contributed by atoms with E-state index in [1.165, 1.54) is 0 Å². The van der Waals surface area contributed by atoms with E-state index >= 15 is 0 Å². The van der Waals surface area contributed by atoms with E-state index in [9.17, 15) is 4.79 Å². The molecule has 0 aromatic heterocycles. The first kappa shape index (κ1) is 19.4. The van der Waals surface area contributed by atoms with Gasteiger partial charge in [0, 0.05) is 31.5 Å². The van der Waals surface area contributed by atoms with Gasteiger partial charge in [0.2, 0.25) is 5.91 Å². The van der Waals surface area contributed by atoms with Crippen LogP contribution in [0.1, 0.15) is 40.5 Å². The summed E-state index contributed by atoms with van der Waals surface area (Å²) in [4.78, 5) is 11.7. The quantitative estimate of drug-likeness (QED) is 0.547. The Hall–Kier alpha value is 0.0144. The Kier molecular flexibility index (Phi) is 11.4. The Morgan fingerprint density at radius 2 is 2.06 bits per heavy atom. The number of ether oxygens (including phenoxy) is 1. The molecule has 0 aromatic rings. The van der Waals surface area contributed by atoms with Crippen LogP contribution in [0.3, 0.4) is 0 Å². The van der Waals surface area contributed by atoms with E-state index in [1.54, 1.807) is 0 Å². The van der Waals surface area contributed by atoms with E-state index in [4.69, 9.17) is 4.74 Å². The van der Waals surface area contributed by atoms with Gasteiger partial charge in [-0.25, -0.2) is 0 Å². The number of hydrogen-bond acceptors (Lipinski definition) is 2. The maximum absolute atomic E-state index is 11.7. The minimum Gasteiger partial charge on any atom is -0.412 e. The van der Waals surface area contributed by atoms with Gasteiger partial charge >= 0.3 is 0 Å².